The molecule has 0 unspecified atom stereocenters. The molecule has 0 atom stereocenters. The number of carbonyl (C=O) groups excluding carboxylic acids is 2. The standard InChI is InChI=1S/C30H46O.C5H8O2.C4H6O2/c1-3-5-7-9-11-13-15-21-27-23-17-19-25-29(27)31-30-26-20-18-24-28(30)22-16-14-12-10-8-6-4-2;1-4(2)5(6)7-3;1-3-4(5)6-2/h17-20,23-26H,3-16,21-22H2,1-2H3;1H2,2-3H3;3H,1H2,2H3. The summed E-state index contributed by atoms with van der Waals surface area (Å²) in [6.07, 6.45) is 22.2. The molecule has 0 aromatic heterocycles. The summed E-state index contributed by atoms with van der Waals surface area (Å²) in [4.78, 5) is 20.0. The van der Waals surface area contributed by atoms with Gasteiger partial charge in [-0.3, -0.25) is 0 Å². The second kappa shape index (κ2) is 28.4. The van der Waals surface area contributed by atoms with Gasteiger partial charge in [-0.05, 0) is 55.9 Å². The molecule has 44 heavy (non-hydrogen) atoms. The minimum atomic E-state index is -0.394. The van der Waals surface area contributed by atoms with Gasteiger partial charge in [-0.15, -0.1) is 0 Å². The lowest BCUT2D eigenvalue weighted by Gasteiger charge is -2.14. The molecule has 2 aromatic rings. The zero-order valence-corrected chi connectivity index (χ0v) is 28.5. The first-order valence-corrected chi connectivity index (χ1v) is 16.6. The van der Waals surface area contributed by atoms with E-state index in [1.807, 2.05) is 0 Å². The number of benzene rings is 2. The number of carbonyl (C=O) groups is 2. The highest BCUT2D eigenvalue weighted by molar-refractivity contribution is 5.86. The van der Waals surface area contributed by atoms with Crippen molar-refractivity contribution in [3.05, 3.63) is 84.5 Å². The maximum absolute atomic E-state index is 10.2. The van der Waals surface area contributed by atoms with Gasteiger partial charge in [0.1, 0.15) is 11.5 Å². The summed E-state index contributed by atoms with van der Waals surface area (Å²) in [6, 6.07) is 17.3. The van der Waals surface area contributed by atoms with E-state index in [0.717, 1.165) is 30.4 Å². The number of rotatable bonds is 20. The number of esters is 2. The van der Waals surface area contributed by atoms with Crippen LogP contribution >= 0.6 is 0 Å². The zero-order chi connectivity index (χ0) is 32.8. The van der Waals surface area contributed by atoms with Crippen molar-refractivity contribution in [2.45, 2.75) is 124 Å². The largest absolute Gasteiger partial charge is 0.466 e. The maximum Gasteiger partial charge on any atom is 0.332 e. The van der Waals surface area contributed by atoms with Gasteiger partial charge < -0.3 is 14.2 Å². The molecule has 0 fully saturated rings. The lowest BCUT2D eigenvalue weighted by molar-refractivity contribution is -0.136. The number of ether oxygens (including phenoxy) is 3. The lowest BCUT2D eigenvalue weighted by atomic mass is 10.0. The van der Waals surface area contributed by atoms with Gasteiger partial charge in [-0.2, -0.15) is 0 Å². The molecule has 2 rings (SSSR count). The van der Waals surface area contributed by atoms with E-state index in [1.54, 1.807) is 6.92 Å². The Morgan fingerprint density at radius 3 is 1.32 bits per heavy atom. The van der Waals surface area contributed by atoms with Crippen LogP contribution < -0.4 is 4.74 Å². The molecule has 0 aliphatic rings. The van der Waals surface area contributed by atoms with Crippen LogP contribution in [0.2, 0.25) is 0 Å². The molecule has 2 aromatic carbocycles. The van der Waals surface area contributed by atoms with Crippen LogP contribution in [-0.2, 0) is 31.9 Å². The van der Waals surface area contributed by atoms with Crippen molar-refractivity contribution in [3.63, 3.8) is 0 Å². The fourth-order valence-corrected chi connectivity index (χ4v) is 4.54. The highest BCUT2D eigenvalue weighted by atomic mass is 16.5. The van der Waals surface area contributed by atoms with Crippen molar-refractivity contribution in [2.75, 3.05) is 14.2 Å². The van der Waals surface area contributed by atoms with Crippen molar-refractivity contribution in [3.8, 4) is 11.5 Å². The summed E-state index contributed by atoms with van der Waals surface area (Å²) >= 11 is 0. The first-order chi connectivity index (χ1) is 21.3. The summed E-state index contributed by atoms with van der Waals surface area (Å²) in [6.45, 7) is 12.7. The molecule has 5 nitrogen and oxygen atoms in total. The van der Waals surface area contributed by atoms with Gasteiger partial charge >= 0.3 is 11.9 Å². The van der Waals surface area contributed by atoms with Crippen LogP contribution in [0.3, 0.4) is 0 Å². The smallest absolute Gasteiger partial charge is 0.332 e. The highest BCUT2D eigenvalue weighted by Crippen LogP contribution is 2.30. The second-order valence-corrected chi connectivity index (χ2v) is 11.1. The monoisotopic (exact) mass is 608 g/mol. The Hall–Kier alpha value is -3.34. The molecule has 0 saturated heterocycles. The molecule has 0 saturated carbocycles. The van der Waals surface area contributed by atoms with Gasteiger partial charge in [-0.25, -0.2) is 9.59 Å². The van der Waals surface area contributed by atoms with Crippen LogP contribution in [-0.4, -0.2) is 26.2 Å². The van der Waals surface area contributed by atoms with Crippen molar-refractivity contribution in [2.24, 2.45) is 0 Å². The van der Waals surface area contributed by atoms with Crippen molar-refractivity contribution < 1.29 is 23.8 Å². The van der Waals surface area contributed by atoms with Gasteiger partial charge in [0, 0.05) is 11.6 Å². The zero-order valence-electron chi connectivity index (χ0n) is 28.5. The van der Waals surface area contributed by atoms with Crippen LogP contribution in [0.1, 0.15) is 122 Å². The minimum absolute atomic E-state index is 0.347. The van der Waals surface area contributed by atoms with Gasteiger partial charge in [0.05, 0.1) is 14.2 Å². The first-order valence-electron chi connectivity index (χ1n) is 16.6. The fraction of sp³-hybridized carbons (Fsp3) is 0.538. The molecule has 246 valence electrons. The first kappa shape index (κ1) is 40.7. The molecule has 0 heterocycles. The van der Waals surface area contributed by atoms with E-state index in [-0.39, 0.29) is 5.97 Å². The Morgan fingerprint density at radius 1 is 0.636 bits per heavy atom. The molecule has 0 spiro atoms. The Kier molecular flexibility index (Phi) is 26.3. The Labute approximate surface area is 269 Å². The second-order valence-electron chi connectivity index (χ2n) is 11.1. The summed E-state index contributed by atoms with van der Waals surface area (Å²) in [5, 5.41) is 0. The Bertz CT molecular complexity index is 983. The van der Waals surface area contributed by atoms with Crippen LogP contribution in [0, 0.1) is 0 Å². The highest BCUT2D eigenvalue weighted by Gasteiger charge is 2.08. The van der Waals surface area contributed by atoms with Crippen molar-refractivity contribution in [1.82, 2.24) is 0 Å². The van der Waals surface area contributed by atoms with Crippen LogP contribution in [0.5, 0.6) is 11.5 Å². The van der Waals surface area contributed by atoms with Gasteiger partial charge in [0.2, 0.25) is 0 Å². The molecule has 5 heteroatoms. The van der Waals surface area contributed by atoms with Crippen molar-refractivity contribution >= 4 is 11.9 Å². The minimum Gasteiger partial charge on any atom is -0.466 e. The van der Waals surface area contributed by atoms with Gasteiger partial charge in [-0.1, -0.05) is 140 Å². The van der Waals surface area contributed by atoms with Gasteiger partial charge in [0.15, 0.2) is 0 Å². The van der Waals surface area contributed by atoms with E-state index < -0.39 is 5.97 Å². The predicted molar refractivity (Wildman–Crippen MR) is 185 cm³/mol. The third kappa shape index (κ3) is 21.4. The molecule has 0 radical (unpaired) electrons. The Balaban J connectivity index is 0.00000118. The lowest BCUT2D eigenvalue weighted by Crippen LogP contribution is -1.98. The summed E-state index contributed by atoms with van der Waals surface area (Å²) in [7, 11) is 2.64. The fourth-order valence-electron chi connectivity index (χ4n) is 4.54. The van der Waals surface area contributed by atoms with Crippen LogP contribution in [0.4, 0.5) is 0 Å². The third-order valence-corrected chi connectivity index (χ3v) is 7.17. The average molecular weight is 609 g/mol. The van der Waals surface area contributed by atoms with Gasteiger partial charge in [0.25, 0.3) is 0 Å². The number of unbranched alkanes of at least 4 members (excludes halogenated alkanes) is 12. The SMILES string of the molecule is C=C(C)C(=O)OC.C=CC(=O)OC.CCCCCCCCCc1ccccc1Oc1ccccc1CCCCCCCCC. The number of methoxy groups -OCH3 is 2. The number of para-hydroxylation sites is 2. The van der Waals surface area contributed by atoms with Crippen LogP contribution in [0.15, 0.2) is 73.3 Å². The van der Waals surface area contributed by atoms with Crippen LogP contribution in [0.25, 0.3) is 0 Å². The number of aryl methyl sites for hydroxylation is 2. The molecular weight excluding hydrogens is 548 g/mol. The normalized spacial score (nSPS) is 9.93. The molecule has 0 amide bonds. The summed E-state index contributed by atoms with van der Waals surface area (Å²) in [5.41, 5.74) is 3.13. The molecule has 0 bridgehead atoms. The summed E-state index contributed by atoms with van der Waals surface area (Å²) < 4.78 is 14.9. The quantitative estimate of drug-likeness (QED) is 0.0850. The van der Waals surface area contributed by atoms with E-state index in [2.05, 4.69) is 85.0 Å². The molecule has 0 aliphatic heterocycles. The maximum atomic E-state index is 10.2. The Morgan fingerprint density at radius 2 is 1.02 bits per heavy atom. The van der Waals surface area contributed by atoms with E-state index in [4.69, 9.17) is 4.74 Å². The third-order valence-electron chi connectivity index (χ3n) is 7.17. The number of hydrogen-bond donors (Lipinski definition) is 0. The van der Waals surface area contributed by atoms with E-state index in [1.165, 1.54) is 115 Å². The average Bonchev–Trinajstić information content (AvgIpc) is 3.05. The van der Waals surface area contributed by atoms with Crippen molar-refractivity contribution in [1.29, 1.82) is 0 Å². The van der Waals surface area contributed by atoms with E-state index in [9.17, 15) is 9.59 Å². The predicted octanol–water partition coefficient (Wildman–Crippen LogP) is 11.1. The van der Waals surface area contributed by atoms with E-state index in [0.29, 0.717) is 5.57 Å². The molecule has 0 N–H and O–H groups in total. The van der Waals surface area contributed by atoms with E-state index >= 15 is 0 Å². The topological polar surface area (TPSA) is 61.8 Å². The summed E-state index contributed by atoms with van der Waals surface area (Å²) in [5.74, 6) is 1.34. The molecular formula is C39H60O5. The molecule has 0 aliphatic carbocycles. The number of hydrogen-bond acceptors (Lipinski definition) is 5.